The molecular weight excluding hydrogens is 392 g/mol. The zero-order valence-corrected chi connectivity index (χ0v) is 18.0. The fourth-order valence-electron chi connectivity index (χ4n) is 4.49. The van der Waals surface area contributed by atoms with Gasteiger partial charge in [-0.2, -0.15) is 0 Å². The van der Waals surface area contributed by atoms with Gasteiger partial charge in [-0.25, -0.2) is 4.98 Å². The number of ether oxygens (including phenoxy) is 1. The van der Waals surface area contributed by atoms with Crippen LogP contribution in [0.5, 0.6) is 0 Å². The summed E-state index contributed by atoms with van der Waals surface area (Å²) in [4.78, 5) is 31.7. The van der Waals surface area contributed by atoms with Crippen LogP contribution in [-0.2, 0) is 22.7 Å². The van der Waals surface area contributed by atoms with Gasteiger partial charge in [-0.1, -0.05) is 29.8 Å². The van der Waals surface area contributed by atoms with E-state index in [1.807, 2.05) is 9.47 Å². The first kappa shape index (κ1) is 20.2. The van der Waals surface area contributed by atoms with Crippen LogP contribution in [-0.4, -0.2) is 45.9 Å². The molecule has 3 heterocycles. The number of imidazole rings is 1. The molecule has 1 saturated heterocycles. The molecule has 1 saturated carbocycles. The Morgan fingerprint density at radius 1 is 1.13 bits per heavy atom. The molecule has 1 aliphatic carbocycles. The highest BCUT2D eigenvalue weighted by molar-refractivity contribution is 5.93. The van der Waals surface area contributed by atoms with Crippen molar-refractivity contribution in [3.8, 4) is 0 Å². The van der Waals surface area contributed by atoms with Crippen LogP contribution in [0.2, 0.25) is 0 Å². The van der Waals surface area contributed by atoms with E-state index in [4.69, 9.17) is 4.74 Å². The molecule has 164 valence electrons. The molecule has 0 bridgehead atoms. The first-order valence-electron chi connectivity index (χ1n) is 11.4. The number of benzene rings is 1. The van der Waals surface area contributed by atoms with Gasteiger partial charge in [0, 0.05) is 25.6 Å². The van der Waals surface area contributed by atoms with Gasteiger partial charge < -0.3 is 19.5 Å². The fraction of sp³-hybridized carbons (Fsp3) is 0.542. The van der Waals surface area contributed by atoms with Crippen molar-refractivity contribution in [2.24, 2.45) is 11.8 Å². The number of piperidine rings is 1. The maximum atomic E-state index is 13.1. The lowest BCUT2D eigenvalue weighted by Crippen LogP contribution is -2.43. The largest absolute Gasteiger partial charge is 0.365 e. The molecule has 2 aromatic rings. The number of amides is 2. The lowest BCUT2D eigenvalue weighted by atomic mass is 9.95. The minimum Gasteiger partial charge on any atom is -0.365 e. The summed E-state index contributed by atoms with van der Waals surface area (Å²) in [6.45, 7) is 5.10. The molecule has 7 heteroatoms. The normalized spacial score (nSPS) is 21.6. The van der Waals surface area contributed by atoms with Crippen LogP contribution < -0.4 is 5.32 Å². The Balaban J connectivity index is 1.19. The third kappa shape index (κ3) is 4.37. The predicted molar refractivity (Wildman–Crippen MR) is 115 cm³/mol. The van der Waals surface area contributed by atoms with E-state index in [2.05, 4.69) is 41.5 Å². The number of aromatic nitrogens is 2. The Morgan fingerprint density at radius 3 is 2.58 bits per heavy atom. The van der Waals surface area contributed by atoms with E-state index in [-0.39, 0.29) is 23.8 Å². The van der Waals surface area contributed by atoms with Gasteiger partial charge >= 0.3 is 0 Å². The van der Waals surface area contributed by atoms with Crippen LogP contribution in [0.3, 0.4) is 0 Å². The second-order valence-electron chi connectivity index (χ2n) is 9.16. The quantitative estimate of drug-likeness (QED) is 0.804. The highest BCUT2D eigenvalue weighted by Gasteiger charge is 2.32. The number of hydrogen-bond acceptors (Lipinski definition) is 4. The molecule has 0 spiro atoms. The fourth-order valence-corrected chi connectivity index (χ4v) is 4.49. The van der Waals surface area contributed by atoms with Gasteiger partial charge in [-0.15, -0.1) is 0 Å². The average molecular weight is 423 g/mol. The third-order valence-electron chi connectivity index (χ3n) is 6.80. The number of carbonyl (C=O) groups excluding carboxylic acids is 2. The number of aryl methyl sites for hydroxylation is 1. The van der Waals surface area contributed by atoms with Crippen LogP contribution >= 0.6 is 0 Å². The molecule has 1 aromatic heterocycles. The van der Waals surface area contributed by atoms with Gasteiger partial charge in [-0.3, -0.25) is 9.59 Å². The number of rotatable bonds is 5. The Hall–Kier alpha value is -2.67. The summed E-state index contributed by atoms with van der Waals surface area (Å²) in [6.07, 6.45) is 5.61. The first-order chi connectivity index (χ1) is 15.1. The van der Waals surface area contributed by atoms with E-state index in [9.17, 15) is 9.59 Å². The average Bonchev–Trinajstić information content (AvgIpc) is 3.54. The number of carbonyl (C=O) groups is 2. The van der Waals surface area contributed by atoms with Crippen molar-refractivity contribution in [1.29, 1.82) is 0 Å². The molecule has 0 radical (unpaired) electrons. The second-order valence-corrected chi connectivity index (χ2v) is 9.16. The van der Waals surface area contributed by atoms with Crippen LogP contribution in [0.4, 0.5) is 0 Å². The van der Waals surface area contributed by atoms with Crippen molar-refractivity contribution in [1.82, 2.24) is 19.8 Å². The van der Waals surface area contributed by atoms with Crippen LogP contribution in [0, 0.1) is 18.8 Å². The summed E-state index contributed by atoms with van der Waals surface area (Å²) < 4.78 is 8.12. The van der Waals surface area contributed by atoms with Gasteiger partial charge in [0.05, 0.1) is 25.2 Å². The maximum Gasteiger partial charge on any atom is 0.274 e. The van der Waals surface area contributed by atoms with E-state index in [0.29, 0.717) is 50.7 Å². The maximum absolute atomic E-state index is 13.1. The van der Waals surface area contributed by atoms with Crippen molar-refractivity contribution < 1.29 is 14.3 Å². The van der Waals surface area contributed by atoms with Crippen molar-refractivity contribution in [3.63, 3.8) is 0 Å². The van der Waals surface area contributed by atoms with Gasteiger partial charge in [-0.05, 0) is 44.1 Å². The molecule has 1 unspecified atom stereocenters. The Kier molecular flexibility index (Phi) is 5.52. The third-order valence-corrected chi connectivity index (χ3v) is 6.80. The molecule has 2 aliphatic heterocycles. The summed E-state index contributed by atoms with van der Waals surface area (Å²) >= 11 is 0. The van der Waals surface area contributed by atoms with Gasteiger partial charge in [0.1, 0.15) is 6.10 Å². The lowest BCUT2D eigenvalue weighted by Gasteiger charge is -2.31. The highest BCUT2D eigenvalue weighted by atomic mass is 16.5. The van der Waals surface area contributed by atoms with E-state index < -0.39 is 0 Å². The van der Waals surface area contributed by atoms with Crippen LogP contribution in [0.1, 0.15) is 59.1 Å². The standard InChI is InChI=1S/C24H30N4O3/c1-16-2-6-18(7-3-16)21-13-28-15-26-22(20(28)14-31-21)24(30)27-10-8-19(9-11-27)23(29)25-12-17-4-5-17/h2-3,6-7,15,17,19,21H,4-5,8-14H2,1H3,(H,25,29). The molecule has 2 amide bonds. The van der Waals surface area contributed by atoms with Crippen molar-refractivity contribution in [2.75, 3.05) is 19.6 Å². The smallest absolute Gasteiger partial charge is 0.274 e. The van der Waals surface area contributed by atoms with E-state index in [1.54, 1.807) is 6.33 Å². The molecule has 7 nitrogen and oxygen atoms in total. The minimum absolute atomic E-state index is 0.0114. The Morgan fingerprint density at radius 2 is 1.87 bits per heavy atom. The zero-order valence-electron chi connectivity index (χ0n) is 18.0. The van der Waals surface area contributed by atoms with Crippen LogP contribution in [0.15, 0.2) is 30.6 Å². The van der Waals surface area contributed by atoms with Gasteiger partial charge in [0.2, 0.25) is 5.91 Å². The predicted octanol–water partition coefficient (Wildman–Crippen LogP) is 2.84. The van der Waals surface area contributed by atoms with E-state index in [1.165, 1.54) is 18.4 Å². The first-order valence-corrected chi connectivity index (χ1v) is 11.4. The summed E-state index contributed by atoms with van der Waals surface area (Å²) in [6, 6.07) is 8.37. The molecular formula is C24H30N4O3. The molecule has 2 fully saturated rings. The summed E-state index contributed by atoms with van der Waals surface area (Å²) in [5, 5.41) is 3.07. The number of hydrogen-bond donors (Lipinski definition) is 1. The Labute approximate surface area is 182 Å². The Bertz CT molecular complexity index is 956. The highest BCUT2D eigenvalue weighted by Crippen LogP contribution is 2.30. The molecule has 31 heavy (non-hydrogen) atoms. The van der Waals surface area contributed by atoms with Crippen molar-refractivity contribution >= 4 is 11.8 Å². The van der Waals surface area contributed by atoms with Crippen molar-refractivity contribution in [3.05, 3.63) is 53.1 Å². The topological polar surface area (TPSA) is 76.5 Å². The van der Waals surface area contributed by atoms with Crippen molar-refractivity contribution in [2.45, 2.75) is 51.9 Å². The molecule has 5 rings (SSSR count). The zero-order chi connectivity index (χ0) is 21.4. The van der Waals surface area contributed by atoms with E-state index >= 15 is 0 Å². The monoisotopic (exact) mass is 422 g/mol. The SMILES string of the molecule is Cc1ccc(C2Cn3cnc(C(=O)N4CCC(C(=O)NCC5CC5)CC4)c3CO2)cc1. The summed E-state index contributed by atoms with van der Waals surface area (Å²) in [5.74, 6) is 0.791. The minimum atomic E-state index is -0.0528. The van der Waals surface area contributed by atoms with Gasteiger partial charge in [0.25, 0.3) is 5.91 Å². The summed E-state index contributed by atoms with van der Waals surface area (Å²) in [5.41, 5.74) is 3.69. The number of likely N-dealkylation sites (tertiary alicyclic amines) is 1. The number of nitrogens with one attached hydrogen (secondary N) is 1. The summed E-state index contributed by atoms with van der Waals surface area (Å²) in [7, 11) is 0. The molecule has 3 aliphatic rings. The lowest BCUT2D eigenvalue weighted by molar-refractivity contribution is -0.126. The molecule has 1 N–H and O–H groups in total. The number of fused-ring (bicyclic) bond motifs is 1. The number of nitrogens with zero attached hydrogens (tertiary/aromatic N) is 3. The van der Waals surface area contributed by atoms with E-state index in [0.717, 1.165) is 17.8 Å². The second kappa shape index (κ2) is 8.46. The van der Waals surface area contributed by atoms with Crippen LogP contribution in [0.25, 0.3) is 0 Å². The molecule has 1 aromatic carbocycles. The van der Waals surface area contributed by atoms with Gasteiger partial charge in [0.15, 0.2) is 5.69 Å². The molecule has 1 atom stereocenters.